The Morgan fingerprint density at radius 3 is 1.77 bits per heavy atom. The molecule has 5 heteroatoms. The highest BCUT2D eigenvalue weighted by atomic mass is 16.7. The van der Waals surface area contributed by atoms with Crippen LogP contribution in [0.4, 0.5) is 0 Å². The van der Waals surface area contributed by atoms with E-state index in [0.29, 0.717) is 0 Å². The maximum Gasteiger partial charge on any atom is 0.499 e. The van der Waals surface area contributed by atoms with Gasteiger partial charge in [-0.05, 0) is 64.4 Å². The minimum Gasteiger partial charge on any atom is -0.497 e. The number of hydrogen-bond donors (Lipinski definition) is 0. The quantitative estimate of drug-likeness (QED) is 0.300. The van der Waals surface area contributed by atoms with Crippen LogP contribution >= 0.6 is 0 Å². The largest absolute Gasteiger partial charge is 0.499 e. The van der Waals surface area contributed by atoms with Crippen molar-refractivity contribution in [2.24, 2.45) is 0 Å². The van der Waals surface area contributed by atoms with Gasteiger partial charge in [-0.2, -0.15) is 0 Å². The summed E-state index contributed by atoms with van der Waals surface area (Å²) < 4.78 is 25.3. The minimum absolute atomic E-state index is 0.478. The van der Waals surface area contributed by atoms with Crippen molar-refractivity contribution >= 4 is 12.6 Å². The van der Waals surface area contributed by atoms with E-state index in [9.17, 15) is 0 Å². The average molecular weight is 466 g/mol. The summed E-state index contributed by atoms with van der Waals surface area (Å²) in [7, 11) is 1.09. The molecule has 0 unspecified atom stereocenters. The summed E-state index contributed by atoms with van der Waals surface area (Å²) in [6.07, 6.45) is 0. The molecule has 1 saturated heterocycles. The van der Waals surface area contributed by atoms with E-state index in [-0.39, 0.29) is 0 Å². The van der Waals surface area contributed by atoms with E-state index in [1.807, 2.05) is 42.5 Å². The summed E-state index contributed by atoms with van der Waals surface area (Å²) in [4.78, 5) is 0. The van der Waals surface area contributed by atoms with Gasteiger partial charge in [0.25, 0.3) is 0 Å². The van der Waals surface area contributed by atoms with Crippen molar-refractivity contribution in [1.29, 1.82) is 0 Å². The Kier molecular flexibility index (Phi) is 5.86. The molecule has 3 aromatic carbocycles. The first-order chi connectivity index (χ1) is 16.7. The Labute approximate surface area is 208 Å². The predicted octanol–water partition coefficient (Wildman–Crippen LogP) is 6.90. The Hall–Kier alpha value is -3.28. The molecule has 0 spiro atoms. The molecule has 1 fully saturated rings. The van der Waals surface area contributed by atoms with Crippen LogP contribution in [0.3, 0.4) is 0 Å². The van der Waals surface area contributed by atoms with E-state index >= 15 is 0 Å². The molecule has 0 N–H and O–H groups in total. The van der Waals surface area contributed by atoms with Crippen molar-refractivity contribution in [2.45, 2.75) is 45.8 Å². The lowest BCUT2D eigenvalue weighted by Gasteiger charge is -2.32. The van der Waals surface area contributed by atoms with Gasteiger partial charge in [-0.1, -0.05) is 60.2 Å². The lowest BCUT2D eigenvalue weighted by Crippen LogP contribution is -2.41. The summed E-state index contributed by atoms with van der Waals surface area (Å²) in [5, 5.41) is 0. The first kappa shape index (κ1) is 23.5. The monoisotopic (exact) mass is 466 g/mol. The molecule has 2 heterocycles. The molecule has 1 aromatic heterocycles. The van der Waals surface area contributed by atoms with E-state index in [2.05, 4.69) is 71.0 Å². The van der Waals surface area contributed by atoms with Crippen molar-refractivity contribution in [3.8, 4) is 39.5 Å². The van der Waals surface area contributed by atoms with Crippen LogP contribution in [0.25, 0.3) is 33.8 Å². The van der Waals surface area contributed by atoms with Crippen LogP contribution in [-0.2, 0) is 9.31 Å². The molecule has 4 aromatic rings. The van der Waals surface area contributed by atoms with Crippen LogP contribution in [0, 0.1) is 6.92 Å². The van der Waals surface area contributed by atoms with Gasteiger partial charge < -0.3 is 18.5 Å². The smallest absolute Gasteiger partial charge is 0.497 e. The highest BCUT2D eigenvalue weighted by molar-refractivity contribution is 6.66. The molecule has 0 radical (unpaired) electrons. The number of hydrogen-bond acceptors (Lipinski definition) is 4. The van der Waals surface area contributed by atoms with Crippen LogP contribution in [0.15, 0.2) is 83.3 Å². The van der Waals surface area contributed by atoms with Gasteiger partial charge in [0.15, 0.2) is 0 Å². The topological polar surface area (TPSA) is 40.8 Å². The lowest BCUT2D eigenvalue weighted by molar-refractivity contribution is 0.00578. The van der Waals surface area contributed by atoms with E-state index in [4.69, 9.17) is 18.5 Å². The second kappa shape index (κ2) is 8.74. The maximum absolute atomic E-state index is 6.73. The summed E-state index contributed by atoms with van der Waals surface area (Å²) in [5.41, 5.74) is 5.11. The predicted molar refractivity (Wildman–Crippen MR) is 142 cm³/mol. The van der Waals surface area contributed by atoms with Crippen molar-refractivity contribution < 1.29 is 18.5 Å². The fourth-order valence-electron chi connectivity index (χ4n) is 4.39. The summed E-state index contributed by atoms with van der Waals surface area (Å²) in [5.74, 6) is 2.33. The molecule has 4 nitrogen and oxygen atoms in total. The van der Waals surface area contributed by atoms with Gasteiger partial charge in [-0.25, -0.2) is 0 Å². The van der Waals surface area contributed by atoms with Gasteiger partial charge in [0.1, 0.15) is 17.3 Å². The Morgan fingerprint density at radius 1 is 0.657 bits per heavy atom. The minimum atomic E-state index is -0.581. The normalized spacial score (nSPS) is 16.5. The van der Waals surface area contributed by atoms with Gasteiger partial charge in [0.2, 0.25) is 0 Å². The molecule has 0 atom stereocenters. The molecular weight excluding hydrogens is 435 g/mol. The van der Waals surface area contributed by atoms with Gasteiger partial charge in [-0.15, -0.1) is 0 Å². The third-order valence-corrected chi connectivity index (χ3v) is 7.16. The number of rotatable bonds is 5. The fraction of sp³-hybridized carbons (Fsp3) is 0.267. The first-order valence-electron chi connectivity index (χ1n) is 12.0. The molecular formula is C30H31BO4. The molecule has 1 aliphatic rings. The van der Waals surface area contributed by atoms with E-state index in [1.165, 1.54) is 5.56 Å². The number of benzene rings is 3. The third-order valence-electron chi connectivity index (χ3n) is 7.16. The molecule has 1 aliphatic heterocycles. The Morgan fingerprint density at radius 2 is 1.20 bits per heavy atom. The number of ether oxygens (including phenoxy) is 1. The number of aryl methyl sites for hydroxylation is 1. The van der Waals surface area contributed by atoms with Crippen LogP contribution in [0.5, 0.6) is 5.75 Å². The highest BCUT2D eigenvalue weighted by Crippen LogP contribution is 2.43. The van der Waals surface area contributed by atoms with Gasteiger partial charge in [-0.3, -0.25) is 0 Å². The van der Waals surface area contributed by atoms with Crippen LogP contribution < -0.4 is 10.2 Å². The molecule has 35 heavy (non-hydrogen) atoms. The Bertz CT molecular complexity index is 1300. The van der Waals surface area contributed by atoms with E-state index in [0.717, 1.165) is 45.0 Å². The number of furan rings is 1. The zero-order valence-electron chi connectivity index (χ0n) is 21.2. The zero-order chi connectivity index (χ0) is 24.8. The van der Waals surface area contributed by atoms with Crippen LogP contribution in [0.2, 0.25) is 0 Å². The standard InChI is InChI=1S/C30H31BO4/c1-20-12-14-23(15-13-20)28-26(31-34-29(2,3)30(4,5)35-31)25(21-10-8-7-9-11-21)27(33-28)22-16-18-24(32-6)19-17-22/h7-19H,1-6H3. The average Bonchev–Trinajstić information content (AvgIpc) is 3.34. The highest BCUT2D eigenvalue weighted by Gasteiger charge is 2.54. The fourth-order valence-corrected chi connectivity index (χ4v) is 4.39. The maximum atomic E-state index is 6.73. The molecule has 0 saturated carbocycles. The second-order valence-corrected chi connectivity index (χ2v) is 10.1. The van der Waals surface area contributed by atoms with E-state index in [1.54, 1.807) is 7.11 Å². The summed E-state index contributed by atoms with van der Waals surface area (Å²) in [6, 6.07) is 26.6. The van der Waals surface area contributed by atoms with E-state index < -0.39 is 18.3 Å². The number of methoxy groups -OCH3 is 1. The molecule has 5 rings (SSSR count). The molecule has 0 amide bonds. The van der Waals surface area contributed by atoms with Crippen LogP contribution in [0.1, 0.15) is 33.3 Å². The van der Waals surface area contributed by atoms with Gasteiger partial charge in [0, 0.05) is 22.2 Å². The van der Waals surface area contributed by atoms with Crippen molar-refractivity contribution in [3.05, 3.63) is 84.4 Å². The van der Waals surface area contributed by atoms with Crippen molar-refractivity contribution in [3.63, 3.8) is 0 Å². The second-order valence-electron chi connectivity index (χ2n) is 10.1. The molecule has 178 valence electrons. The first-order valence-corrected chi connectivity index (χ1v) is 12.0. The lowest BCUT2D eigenvalue weighted by atomic mass is 9.73. The summed E-state index contributed by atoms with van der Waals surface area (Å²) in [6.45, 7) is 10.4. The van der Waals surface area contributed by atoms with Crippen LogP contribution in [-0.4, -0.2) is 25.4 Å². The Balaban J connectivity index is 1.80. The molecule has 0 aliphatic carbocycles. The SMILES string of the molecule is COc1ccc(-c2oc(-c3ccc(C)cc3)c(B3OC(C)(C)C(C)(C)O3)c2-c2ccccc2)cc1. The third kappa shape index (κ3) is 4.20. The van der Waals surface area contributed by atoms with Crippen molar-refractivity contribution in [2.75, 3.05) is 7.11 Å². The molecule has 0 bridgehead atoms. The zero-order valence-corrected chi connectivity index (χ0v) is 21.2. The van der Waals surface area contributed by atoms with Gasteiger partial charge in [0.05, 0.1) is 18.3 Å². The van der Waals surface area contributed by atoms with Gasteiger partial charge >= 0.3 is 7.12 Å². The van der Waals surface area contributed by atoms with Crippen molar-refractivity contribution in [1.82, 2.24) is 0 Å². The summed E-state index contributed by atoms with van der Waals surface area (Å²) >= 11 is 0.